The van der Waals surface area contributed by atoms with Crippen LogP contribution in [0.1, 0.15) is 30.6 Å². The first-order valence-electron chi connectivity index (χ1n) is 10.4. The molecule has 0 heterocycles. The second-order valence-corrected chi connectivity index (χ2v) is 7.11. The average Bonchev–Trinajstić information content (AvgIpc) is 2.79. The molecule has 1 atom stereocenters. The van der Waals surface area contributed by atoms with Crippen molar-refractivity contribution in [3.8, 4) is 11.5 Å². The van der Waals surface area contributed by atoms with Crippen molar-refractivity contribution in [2.45, 2.75) is 25.9 Å². The zero-order valence-corrected chi connectivity index (χ0v) is 18.9. The first kappa shape index (κ1) is 23.5. The fourth-order valence-corrected chi connectivity index (χ4v) is 3.18. The maximum absolute atomic E-state index is 5.93. The smallest absolute Gasteiger partial charge is 0.193 e. The second-order valence-electron chi connectivity index (χ2n) is 7.11. The van der Waals surface area contributed by atoms with Crippen LogP contribution in [0.3, 0.4) is 0 Å². The monoisotopic (exact) mass is 413 g/mol. The van der Waals surface area contributed by atoms with Crippen LogP contribution in [-0.2, 0) is 11.2 Å². The summed E-state index contributed by atoms with van der Waals surface area (Å²) in [5.41, 5.74) is 2.40. The van der Waals surface area contributed by atoms with Gasteiger partial charge in [-0.3, -0.25) is 4.99 Å². The van der Waals surface area contributed by atoms with Crippen LogP contribution in [0.2, 0.25) is 0 Å². The SMILES string of the molecule is CN=C(NCCCOC(C)c1ccccc1)N(C)CCc1ccc(OC)c(OC)c1. The summed E-state index contributed by atoms with van der Waals surface area (Å²) in [5.74, 6) is 2.38. The summed E-state index contributed by atoms with van der Waals surface area (Å²) in [7, 11) is 7.16. The van der Waals surface area contributed by atoms with Crippen molar-refractivity contribution in [2.75, 3.05) is 48.0 Å². The third kappa shape index (κ3) is 7.26. The van der Waals surface area contributed by atoms with E-state index >= 15 is 0 Å². The van der Waals surface area contributed by atoms with E-state index in [0.29, 0.717) is 6.61 Å². The minimum Gasteiger partial charge on any atom is -0.493 e. The number of nitrogens with one attached hydrogen (secondary N) is 1. The maximum atomic E-state index is 5.93. The Morgan fingerprint density at radius 2 is 1.80 bits per heavy atom. The van der Waals surface area contributed by atoms with E-state index in [1.165, 1.54) is 11.1 Å². The molecule has 0 aliphatic rings. The van der Waals surface area contributed by atoms with Crippen LogP contribution in [0, 0.1) is 0 Å². The molecule has 0 saturated heterocycles. The molecule has 2 rings (SSSR count). The number of guanidine groups is 1. The van der Waals surface area contributed by atoms with Crippen LogP contribution in [0.15, 0.2) is 53.5 Å². The van der Waals surface area contributed by atoms with E-state index in [-0.39, 0.29) is 6.10 Å². The van der Waals surface area contributed by atoms with E-state index < -0.39 is 0 Å². The molecule has 0 fully saturated rings. The van der Waals surface area contributed by atoms with Crippen LogP contribution >= 0.6 is 0 Å². The van der Waals surface area contributed by atoms with Gasteiger partial charge in [0.25, 0.3) is 0 Å². The number of nitrogens with zero attached hydrogens (tertiary/aromatic N) is 2. The lowest BCUT2D eigenvalue weighted by Crippen LogP contribution is -2.40. The molecule has 0 spiro atoms. The second kappa shape index (κ2) is 12.8. The summed E-state index contributed by atoms with van der Waals surface area (Å²) in [5, 5.41) is 3.41. The van der Waals surface area contributed by atoms with Crippen LogP contribution in [0.25, 0.3) is 0 Å². The highest BCUT2D eigenvalue weighted by molar-refractivity contribution is 5.79. The van der Waals surface area contributed by atoms with Gasteiger partial charge in [0.1, 0.15) is 0 Å². The van der Waals surface area contributed by atoms with Gasteiger partial charge in [-0.05, 0) is 43.0 Å². The Kier molecular flexibility index (Phi) is 10.0. The molecular formula is C24H35N3O3. The summed E-state index contributed by atoms with van der Waals surface area (Å²) >= 11 is 0. The fraction of sp³-hybridized carbons (Fsp3) is 0.458. The van der Waals surface area contributed by atoms with Crippen molar-refractivity contribution in [1.82, 2.24) is 10.2 Å². The highest BCUT2D eigenvalue weighted by atomic mass is 16.5. The molecule has 6 nitrogen and oxygen atoms in total. The third-order valence-electron chi connectivity index (χ3n) is 5.00. The standard InChI is InChI=1S/C24H35N3O3/c1-19(21-10-7-6-8-11-21)30-17-9-15-26-24(25-2)27(3)16-14-20-12-13-22(28-4)23(18-20)29-5/h6-8,10-13,18-19H,9,14-17H2,1-5H3,(H,25,26). The van der Waals surface area contributed by atoms with Crippen LogP contribution in [0.5, 0.6) is 11.5 Å². The first-order chi connectivity index (χ1) is 14.6. The van der Waals surface area contributed by atoms with E-state index in [2.05, 4.69) is 40.3 Å². The number of hydrogen-bond donors (Lipinski definition) is 1. The Morgan fingerprint density at radius 1 is 1.07 bits per heavy atom. The zero-order chi connectivity index (χ0) is 21.8. The van der Waals surface area contributed by atoms with E-state index in [0.717, 1.165) is 43.4 Å². The fourth-order valence-electron chi connectivity index (χ4n) is 3.18. The summed E-state index contributed by atoms with van der Waals surface area (Å²) < 4.78 is 16.6. The molecule has 0 aliphatic carbocycles. The van der Waals surface area contributed by atoms with E-state index in [9.17, 15) is 0 Å². The number of benzene rings is 2. The lowest BCUT2D eigenvalue weighted by Gasteiger charge is -2.22. The minimum atomic E-state index is 0.106. The van der Waals surface area contributed by atoms with Gasteiger partial charge in [-0.1, -0.05) is 36.4 Å². The quantitative estimate of drug-likeness (QED) is 0.344. The maximum Gasteiger partial charge on any atom is 0.193 e. The molecule has 164 valence electrons. The van der Waals surface area contributed by atoms with Crippen LogP contribution < -0.4 is 14.8 Å². The van der Waals surface area contributed by atoms with Crippen molar-refractivity contribution < 1.29 is 14.2 Å². The van der Waals surface area contributed by atoms with Crippen LogP contribution in [0.4, 0.5) is 0 Å². The van der Waals surface area contributed by atoms with Gasteiger partial charge < -0.3 is 24.4 Å². The topological polar surface area (TPSA) is 55.3 Å². The van der Waals surface area contributed by atoms with Crippen molar-refractivity contribution >= 4 is 5.96 Å². The molecule has 0 radical (unpaired) electrons. The number of methoxy groups -OCH3 is 2. The lowest BCUT2D eigenvalue weighted by atomic mass is 10.1. The summed E-state index contributed by atoms with van der Waals surface area (Å²) in [6.45, 7) is 4.45. The number of rotatable bonds is 11. The van der Waals surface area contributed by atoms with Gasteiger partial charge in [0.05, 0.1) is 20.3 Å². The van der Waals surface area contributed by atoms with Crippen molar-refractivity contribution in [3.05, 3.63) is 59.7 Å². The predicted octanol–water partition coefficient (Wildman–Crippen LogP) is 3.92. The van der Waals surface area contributed by atoms with E-state index in [1.54, 1.807) is 14.2 Å². The zero-order valence-electron chi connectivity index (χ0n) is 18.9. The Labute approximate surface area is 180 Å². The highest BCUT2D eigenvalue weighted by Gasteiger charge is 2.09. The minimum absolute atomic E-state index is 0.106. The number of likely N-dealkylation sites (N-methyl/N-ethyl adjacent to an activating group) is 1. The van der Waals surface area contributed by atoms with Gasteiger partial charge in [-0.2, -0.15) is 0 Å². The molecule has 2 aromatic rings. The van der Waals surface area contributed by atoms with Crippen molar-refractivity contribution in [3.63, 3.8) is 0 Å². The molecule has 1 N–H and O–H groups in total. The number of hydrogen-bond acceptors (Lipinski definition) is 4. The van der Waals surface area contributed by atoms with E-state index in [1.807, 2.05) is 44.4 Å². The Balaban J connectivity index is 1.71. The van der Waals surface area contributed by atoms with Crippen LogP contribution in [-0.4, -0.2) is 58.9 Å². The summed E-state index contributed by atoms with van der Waals surface area (Å²) in [6, 6.07) is 16.3. The van der Waals surface area contributed by atoms with Gasteiger partial charge in [0.15, 0.2) is 17.5 Å². The molecule has 0 aliphatic heterocycles. The molecule has 1 unspecified atom stereocenters. The predicted molar refractivity (Wildman–Crippen MR) is 123 cm³/mol. The van der Waals surface area contributed by atoms with Gasteiger partial charge in [-0.25, -0.2) is 0 Å². The van der Waals surface area contributed by atoms with Gasteiger partial charge in [-0.15, -0.1) is 0 Å². The molecule has 0 amide bonds. The summed E-state index contributed by atoms with van der Waals surface area (Å²) in [4.78, 5) is 6.52. The molecular weight excluding hydrogens is 378 g/mol. The number of aliphatic imine (C=N–C) groups is 1. The molecule has 2 aromatic carbocycles. The lowest BCUT2D eigenvalue weighted by molar-refractivity contribution is 0.0645. The Hall–Kier alpha value is -2.73. The average molecular weight is 414 g/mol. The molecule has 30 heavy (non-hydrogen) atoms. The number of ether oxygens (including phenoxy) is 3. The van der Waals surface area contributed by atoms with E-state index in [4.69, 9.17) is 14.2 Å². The normalized spacial score (nSPS) is 12.4. The highest BCUT2D eigenvalue weighted by Crippen LogP contribution is 2.27. The summed E-state index contributed by atoms with van der Waals surface area (Å²) in [6.07, 6.45) is 1.91. The van der Waals surface area contributed by atoms with Gasteiger partial charge >= 0.3 is 0 Å². The van der Waals surface area contributed by atoms with Gasteiger partial charge in [0.2, 0.25) is 0 Å². The first-order valence-corrected chi connectivity index (χ1v) is 10.4. The van der Waals surface area contributed by atoms with Crippen molar-refractivity contribution in [2.24, 2.45) is 4.99 Å². The third-order valence-corrected chi connectivity index (χ3v) is 5.00. The van der Waals surface area contributed by atoms with Crippen molar-refractivity contribution in [1.29, 1.82) is 0 Å². The molecule has 0 aromatic heterocycles. The molecule has 0 saturated carbocycles. The Bertz CT molecular complexity index is 781. The Morgan fingerprint density at radius 3 is 2.47 bits per heavy atom. The molecule has 6 heteroatoms. The van der Waals surface area contributed by atoms with Gasteiger partial charge in [0, 0.05) is 33.8 Å². The molecule has 0 bridgehead atoms. The largest absolute Gasteiger partial charge is 0.493 e.